The molecule has 86 valence electrons. The van der Waals surface area contributed by atoms with E-state index < -0.39 is 0 Å². The van der Waals surface area contributed by atoms with E-state index >= 15 is 0 Å². The second-order valence-electron chi connectivity index (χ2n) is 4.32. The molecule has 0 aliphatic rings. The van der Waals surface area contributed by atoms with Crippen LogP contribution >= 0.6 is 15.9 Å². The van der Waals surface area contributed by atoms with Crippen molar-refractivity contribution in [2.24, 2.45) is 5.92 Å². The fourth-order valence-corrected chi connectivity index (χ4v) is 2.47. The highest BCUT2D eigenvalue weighted by Gasteiger charge is 2.18. The van der Waals surface area contributed by atoms with Gasteiger partial charge in [0.1, 0.15) is 11.3 Å². The molecule has 1 unspecified atom stereocenters. The molecule has 1 aromatic carbocycles. The molecule has 0 saturated heterocycles. The zero-order valence-electron chi connectivity index (χ0n) is 9.75. The maximum absolute atomic E-state index is 5.90. The molecule has 3 heteroatoms. The molecule has 2 rings (SSSR count). The predicted octanol–water partition coefficient (Wildman–Crippen LogP) is 4.11. The Morgan fingerprint density at radius 1 is 1.31 bits per heavy atom. The summed E-state index contributed by atoms with van der Waals surface area (Å²) in [4.78, 5) is 0. The van der Waals surface area contributed by atoms with Gasteiger partial charge in [-0.1, -0.05) is 26.0 Å². The Morgan fingerprint density at radius 3 is 2.62 bits per heavy atom. The molecule has 0 aliphatic carbocycles. The topological polar surface area (TPSA) is 25.2 Å². The number of hydrogen-bond acceptors (Lipinski definition) is 2. The third-order valence-corrected chi connectivity index (χ3v) is 3.42. The lowest BCUT2D eigenvalue weighted by atomic mass is 10.0. The number of furan rings is 1. The van der Waals surface area contributed by atoms with Crippen molar-refractivity contribution < 1.29 is 4.42 Å². The molecule has 0 spiro atoms. The summed E-state index contributed by atoms with van der Waals surface area (Å²) in [7, 11) is 1.97. The summed E-state index contributed by atoms with van der Waals surface area (Å²) in [5.74, 6) is 1.50. The minimum atomic E-state index is 0.263. The molecule has 0 saturated carbocycles. The molecule has 1 heterocycles. The summed E-state index contributed by atoms with van der Waals surface area (Å²) >= 11 is 3.50. The number of hydrogen-bond donors (Lipinski definition) is 1. The van der Waals surface area contributed by atoms with Gasteiger partial charge in [0.05, 0.1) is 10.5 Å². The van der Waals surface area contributed by atoms with Crippen LogP contribution in [0, 0.1) is 5.92 Å². The highest BCUT2D eigenvalue weighted by Crippen LogP contribution is 2.31. The van der Waals surface area contributed by atoms with Crippen LogP contribution in [0.25, 0.3) is 11.0 Å². The van der Waals surface area contributed by atoms with Crippen molar-refractivity contribution in [2.45, 2.75) is 19.9 Å². The van der Waals surface area contributed by atoms with E-state index in [1.165, 1.54) is 0 Å². The van der Waals surface area contributed by atoms with Crippen molar-refractivity contribution in [1.82, 2.24) is 5.32 Å². The zero-order valence-corrected chi connectivity index (χ0v) is 11.3. The van der Waals surface area contributed by atoms with Crippen molar-refractivity contribution in [2.75, 3.05) is 7.05 Å². The van der Waals surface area contributed by atoms with E-state index in [0.717, 1.165) is 21.2 Å². The number of rotatable bonds is 3. The number of nitrogens with one attached hydrogen (secondary N) is 1. The number of fused-ring (bicyclic) bond motifs is 1. The fourth-order valence-electron chi connectivity index (χ4n) is 2.00. The van der Waals surface area contributed by atoms with E-state index in [9.17, 15) is 0 Å². The molecule has 1 atom stereocenters. The Balaban J connectivity index is 2.50. The van der Waals surface area contributed by atoms with Crippen LogP contribution in [0.15, 0.2) is 33.2 Å². The Hall–Kier alpha value is -0.800. The first-order chi connectivity index (χ1) is 7.63. The molecule has 0 bridgehead atoms. The van der Waals surface area contributed by atoms with Gasteiger partial charge in [-0.05, 0) is 41.0 Å². The molecule has 2 nitrogen and oxygen atoms in total. The molecular formula is C13H16BrNO. The largest absolute Gasteiger partial charge is 0.458 e. The first-order valence-corrected chi connectivity index (χ1v) is 6.28. The van der Waals surface area contributed by atoms with Crippen LogP contribution in [0.1, 0.15) is 25.6 Å². The Morgan fingerprint density at radius 2 is 2.06 bits per heavy atom. The van der Waals surface area contributed by atoms with Gasteiger partial charge in [-0.2, -0.15) is 0 Å². The molecule has 16 heavy (non-hydrogen) atoms. The van der Waals surface area contributed by atoms with Crippen molar-refractivity contribution in [3.05, 3.63) is 34.5 Å². The molecular weight excluding hydrogens is 266 g/mol. The first kappa shape index (κ1) is 11.7. The van der Waals surface area contributed by atoms with E-state index in [4.69, 9.17) is 4.42 Å². The van der Waals surface area contributed by atoms with E-state index in [-0.39, 0.29) is 6.04 Å². The SMILES string of the molecule is CNC(c1cc2cccc(Br)c2o1)C(C)C. The van der Waals surface area contributed by atoms with Crippen molar-refractivity contribution in [3.63, 3.8) is 0 Å². The predicted molar refractivity (Wildman–Crippen MR) is 70.6 cm³/mol. The van der Waals surface area contributed by atoms with E-state index in [1.54, 1.807) is 0 Å². The number of benzene rings is 1. The molecule has 2 aromatic rings. The van der Waals surface area contributed by atoms with Gasteiger partial charge in [-0.15, -0.1) is 0 Å². The third kappa shape index (κ3) is 2.02. The summed E-state index contributed by atoms with van der Waals surface area (Å²) in [6.07, 6.45) is 0. The van der Waals surface area contributed by atoms with Crippen molar-refractivity contribution in [3.8, 4) is 0 Å². The number of halogens is 1. The van der Waals surface area contributed by atoms with Gasteiger partial charge in [-0.25, -0.2) is 0 Å². The van der Waals surface area contributed by atoms with E-state index in [1.807, 2.05) is 19.2 Å². The third-order valence-electron chi connectivity index (χ3n) is 2.80. The van der Waals surface area contributed by atoms with Gasteiger partial charge in [-0.3, -0.25) is 0 Å². The highest BCUT2D eigenvalue weighted by molar-refractivity contribution is 9.10. The van der Waals surface area contributed by atoms with Crippen LogP contribution in [-0.2, 0) is 0 Å². The quantitative estimate of drug-likeness (QED) is 0.916. The van der Waals surface area contributed by atoms with Crippen LogP contribution in [0.3, 0.4) is 0 Å². The maximum Gasteiger partial charge on any atom is 0.148 e. The van der Waals surface area contributed by atoms with Crippen LogP contribution in [0.5, 0.6) is 0 Å². The molecule has 0 aliphatic heterocycles. The summed E-state index contributed by atoms with van der Waals surface area (Å²) in [6.45, 7) is 4.37. The van der Waals surface area contributed by atoms with Crippen LogP contribution in [-0.4, -0.2) is 7.05 Å². The Kier molecular flexibility index (Phi) is 3.36. The summed E-state index contributed by atoms with van der Waals surface area (Å²) < 4.78 is 6.91. The lowest BCUT2D eigenvalue weighted by molar-refractivity contribution is 0.370. The molecule has 1 N–H and O–H groups in total. The maximum atomic E-state index is 5.90. The minimum Gasteiger partial charge on any atom is -0.458 e. The fraction of sp³-hybridized carbons (Fsp3) is 0.385. The standard InChI is InChI=1S/C13H16BrNO/c1-8(2)12(15-3)11-7-9-5-4-6-10(14)13(9)16-11/h4-8,12,15H,1-3H3. The molecule has 0 fully saturated rings. The summed E-state index contributed by atoms with van der Waals surface area (Å²) in [6, 6.07) is 8.47. The zero-order chi connectivity index (χ0) is 11.7. The Bertz CT molecular complexity index is 490. The monoisotopic (exact) mass is 281 g/mol. The van der Waals surface area contributed by atoms with Crippen LogP contribution < -0.4 is 5.32 Å². The Labute approximate surface area is 104 Å². The van der Waals surface area contributed by atoms with Crippen molar-refractivity contribution >= 4 is 26.9 Å². The van der Waals surface area contributed by atoms with Gasteiger partial charge >= 0.3 is 0 Å². The highest BCUT2D eigenvalue weighted by atomic mass is 79.9. The molecule has 1 aromatic heterocycles. The van der Waals surface area contributed by atoms with Gasteiger partial charge < -0.3 is 9.73 Å². The lowest BCUT2D eigenvalue weighted by Crippen LogP contribution is -2.20. The lowest BCUT2D eigenvalue weighted by Gasteiger charge is -2.17. The van der Waals surface area contributed by atoms with Crippen LogP contribution in [0.4, 0.5) is 0 Å². The molecule has 0 amide bonds. The van der Waals surface area contributed by atoms with Crippen molar-refractivity contribution in [1.29, 1.82) is 0 Å². The average Bonchev–Trinajstić information content (AvgIpc) is 2.63. The normalized spacial score (nSPS) is 13.6. The van der Waals surface area contributed by atoms with E-state index in [2.05, 4.69) is 47.2 Å². The van der Waals surface area contributed by atoms with Gasteiger partial charge in [0.2, 0.25) is 0 Å². The van der Waals surface area contributed by atoms with Crippen LogP contribution in [0.2, 0.25) is 0 Å². The second-order valence-corrected chi connectivity index (χ2v) is 5.17. The smallest absolute Gasteiger partial charge is 0.148 e. The van der Waals surface area contributed by atoms with E-state index in [0.29, 0.717) is 5.92 Å². The summed E-state index contributed by atoms with van der Waals surface area (Å²) in [5.41, 5.74) is 0.929. The number of para-hydroxylation sites is 1. The first-order valence-electron chi connectivity index (χ1n) is 5.48. The average molecular weight is 282 g/mol. The molecule has 0 radical (unpaired) electrons. The van der Waals surface area contributed by atoms with Gasteiger partial charge in [0.15, 0.2) is 0 Å². The minimum absolute atomic E-state index is 0.263. The van der Waals surface area contributed by atoms with Gasteiger partial charge in [0.25, 0.3) is 0 Å². The summed E-state index contributed by atoms with van der Waals surface area (Å²) in [5, 5.41) is 4.43. The second kappa shape index (κ2) is 4.60. The van der Waals surface area contributed by atoms with Gasteiger partial charge in [0, 0.05) is 5.39 Å².